The highest BCUT2D eigenvalue weighted by atomic mass is 32.2. The van der Waals surface area contributed by atoms with Crippen LogP contribution in [-0.4, -0.2) is 129 Å². The fourth-order valence-corrected chi connectivity index (χ4v) is 10.4. The molecule has 21 nitrogen and oxygen atoms in total. The number of nitrogens with one attached hydrogen (secondary N) is 2. The maximum absolute atomic E-state index is 12.9. The van der Waals surface area contributed by atoms with Crippen molar-refractivity contribution in [3.63, 3.8) is 0 Å². The summed E-state index contributed by atoms with van der Waals surface area (Å²) in [6.07, 6.45) is 4.89. The fraction of sp³-hybridized carbons (Fsp3) is 0.242. The zero-order chi connectivity index (χ0) is 42.7. The summed E-state index contributed by atoms with van der Waals surface area (Å²) in [6, 6.07) is -1.86. The van der Waals surface area contributed by atoms with E-state index < -0.39 is 58.4 Å². The number of fused-ring (bicyclic) bond motifs is 2. The summed E-state index contributed by atoms with van der Waals surface area (Å²) in [6.45, 7) is 5.42. The summed E-state index contributed by atoms with van der Waals surface area (Å²) in [4.78, 5) is 93.9. The standard InChI is InChI=1S/C19H18N6O5S3.C14H13N5O5S2/c1-8-11(33-7-21-8)4-3-9-5-31-17-13(16(27)25(17)14(9)18(28)29)23-15(26)12(24-30-2)10-6-32-19(20)22-10;1-2-5-3-25-12-8(11(21)19(12)9(5)13(22)23)17-10(20)7(18-24)6-4-26-14(15)16-6/h3-4,6-7,13,17H,5H2,1-2H3,(H2,20,22)(H,23,26)(H,28,29);2,4,8,12,24H,1,3H2,(H2,15,16)(H,17,20)(H,22,23)/b4-3-,24-12-;18-7-/t13-,17-;8-,12-/m11/s1. The van der Waals surface area contributed by atoms with Gasteiger partial charge in [0.1, 0.15) is 52.7 Å². The Labute approximate surface area is 353 Å². The molecule has 9 N–H and O–H groups in total. The maximum atomic E-state index is 12.9. The Morgan fingerprint density at radius 3 is 1.81 bits per heavy atom. The molecular formula is C33H31N11O10S5. The van der Waals surface area contributed by atoms with Crippen LogP contribution in [0, 0.1) is 6.92 Å². The molecule has 3 aromatic heterocycles. The van der Waals surface area contributed by atoms with E-state index in [9.17, 15) is 39.0 Å². The largest absolute Gasteiger partial charge is 0.477 e. The zero-order valence-corrected chi connectivity index (χ0v) is 34.5. The molecular weight excluding hydrogens is 871 g/mol. The number of thiazole rings is 3. The number of amides is 4. The average Bonchev–Trinajstić information content (AvgIpc) is 3.97. The number of nitrogens with zero attached hydrogens (tertiary/aromatic N) is 7. The van der Waals surface area contributed by atoms with Gasteiger partial charge < -0.3 is 42.4 Å². The smallest absolute Gasteiger partial charge is 0.352 e. The van der Waals surface area contributed by atoms with Crippen molar-refractivity contribution < 1.29 is 49.0 Å². The first-order valence-electron chi connectivity index (χ1n) is 16.6. The second-order valence-electron chi connectivity index (χ2n) is 12.1. The molecule has 4 atom stereocenters. The molecule has 26 heteroatoms. The number of hydrogen-bond acceptors (Lipinski definition) is 20. The highest BCUT2D eigenvalue weighted by Crippen LogP contribution is 2.42. The van der Waals surface area contributed by atoms with Crippen LogP contribution in [0.3, 0.4) is 0 Å². The van der Waals surface area contributed by atoms with Crippen LogP contribution in [0.15, 0.2) is 67.9 Å². The van der Waals surface area contributed by atoms with Gasteiger partial charge in [-0.1, -0.05) is 29.0 Å². The van der Waals surface area contributed by atoms with Crippen LogP contribution in [0.5, 0.6) is 0 Å². The minimum atomic E-state index is -1.24. The Kier molecular flexibility index (Phi) is 12.8. The molecule has 0 saturated carbocycles. The molecule has 59 heavy (non-hydrogen) atoms. The molecule has 0 aliphatic carbocycles. The molecule has 2 saturated heterocycles. The van der Waals surface area contributed by atoms with Gasteiger partial charge in [0.25, 0.3) is 23.6 Å². The number of nitrogens with two attached hydrogens (primary N) is 2. The Bertz CT molecular complexity index is 2420. The normalized spacial score (nSPS) is 21.5. The molecule has 0 aromatic carbocycles. The van der Waals surface area contributed by atoms with Crippen molar-refractivity contribution in [1.82, 2.24) is 35.4 Å². The van der Waals surface area contributed by atoms with Gasteiger partial charge in [-0.15, -0.1) is 57.5 Å². The molecule has 4 aliphatic heterocycles. The lowest BCUT2D eigenvalue weighted by Crippen LogP contribution is -2.71. The number of rotatable bonds is 12. The van der Waals surface area contributed by atoms with Crippen LogP contribution in [0.4, 0.5) is 10.3 Å². The van der Waals surface area contributed by atoms with Crippen molar-refractivity contribution in [3.05, 3.63) is 79.5 Å². The second kappa shape index (κ2) is 17.8. The van der Waals surface area contributed by atoms with Gasteiger partial charge in [0.2, 0.25) is 0 Å². The van der Waals surface area contributed by atoms with E-state index in [2.05, 4.69) is 42.5 Å². The monoisotopic (exact) mass is 901 g/mol. The number of allylic oxidation sites excluding steroid dienone is 2. The van der Waals surface area contributed by atoms with E-state index >= 15 is 0 Å². The van der Waals surface area contributed by atoms with Gasteiger partial charge >= 0.3 is 11.9 Å². The number of oxime groups is 2. The summed E-state index contributed by atoms with van der Waals surface area (Å²) in [5, 5.41) is 42.3. The molecule has 308 valence electrons. The minimum absolute atomic E-state index is 0.0764. The number of hydrogen-bond donors (Lipinski definition) is 7. The van der Waals surface area contributed by atoms with Crippen LogP contribution in [0.2, 0.25) is 0 Å². The first kappa shape index (κ1) is 42.5. The minimum Gasteiger partial charge on any atom is -0.477 e. The number of carboxylic acids is 2. The van der Waals surface area contributed by atoms with E-state index in [1.165, 1.54) is 58.3 Å². The third-order valence-corrected chi connectivity index (χ3v) is 13.5. The van der Waals surface area contributed by atoms with Crippen LogP contribution < -0.4 is 22.1 Å². The highest BCUT2D eigenvalue weighted by molar-refractivity contribution is 8.00. The molecule has 4 aliphatic rings. The van der Waals surface area contributed by atoms with Crippen LogP contribution in [0.1, 0.15) is 22.0 Å². The number of carbonyl (C=O) groups is 6. The first-order chi connectivity index (χ1) is 28.2. The molecule has 7 rings (SSSR count). The summed E-state index contributed by atoms with van der Waals surface area (Å²) in [7, 11) is 1.28. The van der Waals surface area contributed by atoms with E-state index in [-0.39, 0.29) is 44.5 Å². The van der Waals surface area contributed by atoms with Gasteiger partial charge in [0, 0.05) is 27.1 Å². The lowest BCUT2D eigenvalue weighted by molar-refractivity contribution is -0.150. The van der Waals surface area contributed by atoms with E-state index in [1.807, 2.05) is 6.92 Å². The molecule has 0 bridgehead atoms. The SMILES string of the molecule is C=CC1=C(C(=O)O)N2C(=O)[C@@H](NC(=O)/C(=N\O)c3csc(N)n3)[C@H]2SC1.CO/N=C(\C(=O)N[C@@H]1C(=O)N2C(C(=O)O)=C(/C=C\c3scnc3C)CS[C@H]12)c1csc(N)n1. The van der Waals surface area contributed by atoms with Gasteiger partial charge in [-0.05, 0) is 24.1 Å². The van der Waals surface area contributed by atoms with Gasteiger partial charge in [-0.2, -0.15) is 0 Å². The van der Waals surface area contributed by atoms with Crippen molar-refractivity contribution in [2.45, 2.75) is 29.8 Å². The van der Waals surface area contributed by atoms with Gasteiger partial charge in [0.05, 0.1) is 11.2 Å². The van der Waals surface area contributed by atoms with E-state index in [0.717, 1.165) is 38.1 Å². The molecule has 0 spiro atoms. The Hall–Kier alpha value is -6.09. The number of aromatic nitrogens is 3. The van der Waals surface area contributed by atoms with Crippen molar-refractivity contribution >= 4 is 121 Å². The Balaban J connectivity index is 0.000000204. The molecule has 3 aromatic rings. The van der Waals surface area contributed by atoms with Crippen LogP contribution >= 0.6 is 57.5 Å². The molecule has 2 fully saturated rings. The van der Waals surface area contributed by atoms with Crippen molar-refractivity contribution in [2.75, 3.05) is 30.1 Å². The molecule has 0 unspecified atom stereocenters. The number of aryl methyl sites for hydroxylation is 1. The predicted octanol–water partition coefficient (Wildman–Crippen LogP) is 1.12. The number of carboxylic acid groups (broad SMARTS) is 2. The fourth-order valence-electron chi connectivity index (χ4n) is 5.94. The number of anilines is 2. The second-order valence-corrected chi connectivity index (χ2v) is 17.0. The Morgan fingerprint density at radius 1 is 0.864 bits per heavy atom. The lowest BCUT2D eigenvalue weighted by Gasteiger charge is -2.49. The quantitative estimate of drug-likeness (QED) is 0.0580. The predicted molar refractivity (Wildman–Crippen MR) is 220 cm³/mol. The number of nitrogen functional groups attached to an aromatic ring is 2. The molecule has 0 radical (unpaired) electrons. The summed E-state index contributed by atoms with van der Waals surface area (Å²) in [5.74, 6) is -4.32. The lowest BCUT2D eigenvalue weighted by atomic mass is 10.0. The van der Waals surface area contributed by atoms with Crippen LogP contribution in [-0.2, 0) is 33.6 Å². The van der Waals surface area contributed by atoms with Gasteiger partial charge in [0.15, 0.2) is 21.7 Å². The number of aliphatic carboxylic acids is 2. The van der Waals surface area contributed by atoms with Crippen LogP contribution in [0.25, 0.3) is 6.08 Å². The summed E-state index contributed by atoms with van der Waals surface area (Å²) < 4.78 is 0. The summed E-state index contributed by atoms with van der Waals surface area (Å²) in [5.41, 5.74) is 14.2. The third kappa shape index (κ3) is 8.42. The summed E-state index contributed by atoms with van der Waals surface area (Å²) >= 11 is 6.30. The van der Waals surface area contributed by atoms with Crippen molar-refractivity contribution in [1.29, 1.82) is 0 Å². The highest BCUT2D eigenvalue weighted by Gasteiger charge is 2.55. The maximum Gasteiger partial charge on any atom is 0.352 e. The van der Waals surface area contributed by atoms with E-state index in [4.69, 9.17) is 21.5 Å². The van der Waals surface area contributed by atoms with Crippen molar-refractivity contribution in [2.24, 2.45) is 10.3 Å². The average molecular weight is 902 g/mol. The molecule has 7 heterocycles. The number of thioether (sulfide) groups is 2. The number of carbonyl (C=O) groups excluding carboxylic acids is 4. The first-order valence-corrected chi connectivity index (χ1v) is 21.3. The zero-order valence-electron chi connectivity index (χ0n) is 30.4. The number of β-lactam (4-membered cyclic amide) rings is 2. The van der Waals surface area contributed by atoms with E-state index in [1.54, 1.807) is 23.0 Å². The van der Waals surface area contributed by atoms with E-state index in [0.29, 0.717) is 22.7 Å². The topological polar surface area (TPSA) is 318 Å². The van der Waals surface area contributed by atoms with Crippen molar-refractivity contribution in [3.8, 4) is 0 Å². The molecule has 4 amide bonds. The van der Waals surface area contributed by atoms with Gasteiger partial charge in [-0.3, -0.25) is 29.0 Å². The third-order valence-electron chi connectivity index (χ3n) is 8.68. The van der Waals surface area contributed by atoms with Gasteiger partial charge in [-0.25, -0.2) is 24.5 Å². The Morgan fingerprint density at radius 2 is 1.37 bits per heavy atom.